The molecular formula is C22H32N2O6. The number of amides is 2. The smallest absolute Gasteiger partial charge is 0.411 e. The zero-order valence-corrected chi connectivity index (χ0v) is 18.2. The summed E-state index contributed by atoms with van der Waals surface area (Å²) in [6.07, 6.45) is 4.70. The number of carbonyl (C=O) groups is 3. The Bertz CT molecular complexity index is 761. The lowest BCUT2D eigenvalue weighted by molar-refractivity contribution is -0.142. The first-order valence-electron chi connectivity index (χ1n) is 10.7. The summed E-state index contributed by atoms with van der Waals surface area (Å²) in [5, 5.41) is 9.73. The Morgan fingerprint density at radius 3 is 2.37 bits per heavy atom. The predicted octanol–water partition coefficient (Wildman–Crippen LogP) is 3.76. The maximum absolute atomic E-state index is 13.3. The summed E-state index contributed by atoms with van der Waals surface area (Å²) in [6.45, 7) is 7.55. The van der Waals surface area contributed by atoms with Crippen LogP contribution in [0.15, 0.2) is 22.8 Å². The molecule has 1 saturated carbocycles. The summed E-state index contributed by atoms with van der Waals surface area (Å²) in [5.41, 5.74) is -0.735. The molecule has 8 nitrogen and oxygen atoms in total. The Balaban J connectivity index is 1.86. The highest BCUT2D eigenvalue weighted by Gasteiger charge is 2.46. The fraction of sp³-hybridized carbons (Fsp3) is 0.682. The van der Waals surface area contributed by atoms with Crippen molar-refractivity contribution in [3.8, 4) is 0 Å². The number of likely N-dealkylation sites (tertiary alicyclic amines) is 1. The van der Waals surface area contributed by atoms with Crippen LogP contribution in [0.2, 0.25) is 0 Å². The fourth-order valence-electron chi connectivity index (χ4n) is 4.45. The molecule has 0 spiro atoms. The quantitative estimate of drug-likeness (QED) is 0.796. The van der Waals surface area contributed by atoms with Gasteiger partial charge in [-0.2, -0.15) is 0 Å². The average molecular weight is 421 g/mol. The normalized spacial score (nSPS) is 27.0. The molecule has 30 heavy (non-hydrogen) atoms. The van der Waals surface area contributed by atoms with Crippen LogP contribution < -0.4 is 0 Å². The van der Waals surface area contributed by atoms with Crippen LogP contribution in [0.4, 0.5) is 4.79 Å². The van der Waals surface area contributed by atoms with E-state index in [1.54, 1.807) is 37.8 Å². The molecule has 1 saturated heterocycles. The Morgan fingerprint density at radius 2 is 1.83 bits per heavy atom. The first-order chi connectivity index (χ1) is 14.1. The molecular weight excluding hydrogens is 388 g/mol. The van der Waals surface area contributed by atoms with Crippen LogP contribution in [0.1, 0.15) is 70.4 Å². The van der Waals surface area contributed by atoms with Crippen molar-refractivity contribution in [2.75, 3.05) is 6.54 Å². The Labute approximate surface area is 177 Å². The topological polar surface area (TPSA) is 100 Å². The van der Waals surface area contributed by atoms with Crippen LogP contribution >= 0.6 is 0 Å². The van der Waals surface area contributed by atoms with Crippen LogP contribution in [0.3, 0.4) is 0 Å². The van der Waals surface area contributed by atoms with Crippen molar-refractivity contribution in [1.29, 1.82) is 0 Å². The van der Waals surface area contributed by atoms with Gasteiger partial charge in [-0.25, -0.2) is 9.59 Å². The number of hydrogen-bond acceptors (Lipinski definition) is 5. The van der Waals surface area contributed by atoms with Gasteiger partial charge in [-0.1, -0.05) is 6.92 Å². The second kappa shape index (κ2) is 8.70. The molecule has 0 radical (unpaired) electrons. The third kappa shape index (κ3) is 4.96. The van der Waals surface area contributed by atoms with Crippen molar-refractivity contribution in [1.82, 2.24) is 9.80 Å². The summed E-state index contributed by atoms with van der Waals surface area (Å²) in [4.78, 5) is 40.9. The number of nitrogens with zero attached hydrogens (tertiary/aromatic N) is 2. The van der Waals surface area contributed by atoms with Gasteiger partial charge in [0.05, 0.1) is 12.3 Å². The van der Waals surface area contributed by atoms with Gasteiger partial charge in [-0.15, -0.1) is 0 Å². The minimum atomic E-state index is -1.09. The van der Waals surface area contributed by atoms with E-state index in [-0.39, 0.29) is 30.7 Å². The lowest BCUT2D eigenvalue weighted by Crippen LogP contribution is -2.50. The van der Waals surface area contributed by atoms with Gasteiger partial charge in [0.1, 0.15) is 11.6 Å². The molecule has 2 atom stereocenters. The second-order valence-electron chi connectivity index (χ2n) is 9.48. The molecule has 0 bridgehead atoms. The van der Waals surface area contributed by atoms with Crippen molar-refractivity contribution < 1.29 is 28.6 Å². The predicted molar refractivity (Wildman–Crippen MR) is 109 cm³/mol. The number of hydrogen-bond donors (Lipinski definition) is 1. The molecule has 1 aliphatic carbocycles. The van der Waals surface area contributed by atoms with Crippen molar-refractivity contribution in [3.05, 3.63) is 24.2 Å². The molecule has 2 amide bonds. The highest BCUT2D eigenvalue weighted by molar-refractivity contribution is 5.92. The van der Waals surface area contributed by atoms with E-state index < -0.39 is 29.7 Å². The number of furan rings is 1. The monoisotopic (exact) mass is 420 g/mol. The molecule has 0 aromatic carbocycles. The van der Waals surface area contributed by atoms with Crippen LogP contribution in [0.5, 0.6) is 0 Å². The third-order valence-electron chi connectivity index (χ3n) is 5.93. The molecule has 2 fully saturated rings. The van der Waals surface area contributed by atoms with Crippen LogP contribution in [-0.4, -0.2) is 63.1 Å². The molecule has 0 unspecified atom stereocenters. The number of carbonyl (C=O) groups excluding carboxylic acids is 2. The van der Waals surface area contributed by atoms with Gasteiger partial charge in [-0.3, -0.25) is 9.69 Å². The lowest BCUT2D eigenvalue weighted by atomic mass is 9.85. The minimum Gasteiger partial charge on any atom is -0.480 e. The molecule has 166 valence electrons. The number of carboxylic acids is 1. The Morgan fingerprint density at radius 1 is 1.17 bits per heavy atom. The SMILES string of the molecule is CC(C)(C)OC(=O)N1C[C@H](N(C(=O)c2ccco2)[C@H]2CC[C@@H](C)CC2)C[C@H]1C(=O)O. The zero-order valence-electron chi connectivity index (χ0n) is 18.2. The molecule has 8 heteroatoms. The van der Waals surface area contributed by atoms with Crippen LogP contribution in [0.25, 0.3) is 0 Å². The van der Waals surface area contributed by atoms with Gasteiger partial charge < -0.3 is 19.2 Å². The standard InChI is InChI=1S/C22H32N2O6/c1-14-7-9-15(10-8-14)24(19(25)18-6-5-11-29-18)16-12-17(20(26)27)23(13-16)21(28)30-22(2,3)4/h5-6,11,14-17H,7-10,12-13H2,1-4H3,(H,26,27)/t14-,15+,16-,17+/m1/s1. The molecule has 1 aromatic rings. The highest BCUT2D eigenvalue weighted by Crippen LogP contribution is 2.33. The minimum absolute atomic E-state index is 0.00293. The summed E-state index contributed by atoms with van der Waals surface area (Å²) in [5.74, 6) is -0.502. The summed E-state index contributed by atoms with van der Waals surface area (Å²) in [7, 11) is 0. The van der Waals surface area contributed by atoms with Gasteiger partial charge in [0.25, 0.3) is 5.91 Å². The van der Waals surface area contributed by atoms with E-state index >= 15 is 0 Å². The number of ether oxygens (including phenoxy) is 1. The number of aliphatic carboxylic acids is 1. The molecule has 3 rings (SSSR count). The summed E-state index contributed by atoms with van der Waals surface area (Å²) >= 11 is 0. The zero-order chi connectivity index (χ0) is 22.1. The maximum Gasteiger partial charge on any atom is 0.411 e. The second-order valence-corrected chi connectivity index (χ2v) is 9.48. The number of carboxylic acid groups (broad SMARTS) is 1. The first kappa shape index (κ1) is 22.2. The van der Waals surface area contributed by atoms with Gasteiger partial charge in [-0.05, 0) is 64.5 Å². The van der Waals surface area contributed by atoms with E-state index in [1.165, 1.54) is 11.2 Å². The van der Waals surface area contributed by atoms with E-state index in [2.05, 4.69) is 6.92 Å². The van der Waals surface area contributed by atoms with E-state index in [1.807, 2.05) is 0 Å². The largest absolute Gasteiger partial charge is 0.480 e. The third-order valence-corrected chi connectivity index (χ3v) is 5.93. The fourth-order valence-corrected chi connectivity index (χ4v) is 4.45. The van der Waals surface area contributed by atoms with Gasteiger partial charge in [0.2, 0.25) is 0 Å². The van der Waals surface area contributed by atoms with Gasteiger partial charge in [0.15, 0.2) is 5.76 Å². The molecule has 1 aliphatic heterocycles. The highest BCUT2D eigenvalue weighted by atomic mass is 16.6. The van der Waals surface area contributed by atoms with Crippen molar-refractivity contribution >= 4 is 18.0 Å². The first-order valence-corrected chi connectivity index (χ1v) is 10.7. The maximum atomic E-state index is 13.3. The van der Waals surface area contributed by atoms with E-state index in [0.29, 0.717) is 5.92 Å². The Hall–Kier alpha value is -2.51. The van der Waals surface area contributed by atoms with Gasteiger partial charge in [0, 0.05) is 19.0 Å². The molecule has 1 N–H and O–H groups in total. The molecule has 2 aliphatic rings. The van der Waals surface area contributed by atoms with Crippen LogP contribution in [0, 0.1) is 5.92 Å². The van der Waals surface area contributed by atoms with E-state index in [4.69, 9.17) is 9.15 Å². The van der Waals surface area contributed by atoms with Gasteiger partial charge >= 0.3 is 12.1 Å². The summed E-state index contributed by atoms with van der Waals surface area (Å²) in [6, 6.07) is 1.84. The van der Waals surface area contributed by atoms with Crippen molar-refractivity contribution in [2.45, 2.75) is 83.5 Å². The average Bonchev–Trinajstić information content (AvgIpc) is 3.32. The van der Waals surface area contributed by atoms with Crippen LogP contribution in [-0.2, 0) is 9.53 Å². The van der Waals surface area contributed by atoms with Crippen molar-refractivity contribution in [3.63, 3.8) is 0 Å². The molecule has 1 aromatic heterocycles. The number of rotatable bonds is 4. The van der Waals surface area contributed by atoms with E-state index in [0.717, 1.165) is 25.7 Å². The Kier molecular flexibility index (Phi) is 6.43. The molecule has 2 heterocycles. The van der Waals surface area contributed by atoms with Crippen molar-refractivity contribution in [2.24, 2.45) is 5.92 Å². The lowest BCUT2D eigenvalue weighted by Gasteiger charge is -2.39. The van der Waals surface area contributed by atoms with E-state index in [9.17, 15) is 19.5 Å². The summed E-state index contributed by atoms with van der Waals surface area (Å²) < 4.78 is 10.8.